The Morgan fingerprint density at radius 2 is 2.22 bits per heavy atom. The highest BCUT2D eigenvalue weighted by Crippen LogP contribution is 2.50. The quantitative estimate of drug-likeness (QED) is 0.520. The first-order valence-corrected chi connectivity index (χ1v) is 3.94. The molecule has 3 unspecified atom stereocenters. The van der Waals surface area contributed by atoms with Crippen molar-refractivity contribution < 1.29 is 4.74 Å². The summed E-state index contributed by atoms with van der Waals surface area (Å²) < 4.78 is 5.35. The second kappa shape index (κ2) is 1.98. The van der Waals surface area contributed by atoms with E-state index in [1.165, 1.54) is 25.7 Å². The van der Waals surface area contributed by atoms with E-state index >= 15 is 0 Å². The van der Waals surface area contributed by atoms with Crippen molar-refractivity contribution in [3.05, 3.63) is 0 Å². The van der Waals surface area contributed by atoms with E-state index < -0.39 is 0 Å². The van der Waals surface area contributed by atoms with Gasteiger partial charge in [-0.3, -0.25) is 0 Å². The summed E-state index contributed by atoms with van der Waals surface area (Å²) in [5.41, 5.74) is 0. The largest absolute Gasteiger partial charge is 0.381 e. The average Bonchev–Trinajstić information content (AvgIpc) is 2.64. The number of ether oxygens (including phenoxy) is 1. The van der Waals surface area contributed by atoms with Crippen LogP contribution in [0.3, 0.4) is 0 Å². The molecular weight excluding hydrogens is 112 g/mol. The SMILES string of the molecule is COC1CCCC2CC21. The normalized spacial score (nSPS) is 48.3. The van der Waals surface area contributed by atoms with E-state index in [4.69, 9.17) is 4.74 Å². The third-order valence-corrected chi connectivity index (χ3v) is 2.82. The summed E-state index contributed by atoms with van der Waals surface area (Å²) in [5.74, 6) is 2.02. The van der Waals surface area contributed by atoms with E-state index in [1.807, 2.05) is 7.11 Å². The van der Waals surface area contributed by atoms with Crippen molar-refractivity contribution in [2.75, 3.05) is 7.11 Å². The van der Waals surface area contributed by atoms with Crippen LogP contribution in [-0.4, -0.2) is 13.2 Å². The molecule has 3 atom stereocenters. The molecule has 2 aliphatic rings. The first-order valence-electron chi connectivity index (χ1n) is 3.94. The van der Waals surface area contributed by atoms with Crippen LogP contribution >= 0.6 is 0 Å². The summed E-state index contributed by atoms with van der Waals surface area (Å²) in [6.07, 6.45) is 6.28. The molecule has 0 N–H and O–H groups in total. The molecule has 0 aromatic carbocycles. The lowest BCUT2D eigenvalue weighted by molar-refractivity contribution is 0.0590. The Labute approximate surface area is 56.4 Å². The maximum Gasteiger partial charge on any atom is 0.0602 e. The highest BCUT2D eigenvalue weighted by atomic mass is 16.5. The van der Waals surface area contributed by atoms with Gasteiger partial charge in [0.25, 0.3) is 0 Å². The third-order valence-electron chi connectivity index (χ3n) is 2.82. The minimum atomic E-state index is 0.628. The molecule has 2 saturated carbocycles. The van der Waals surface area contributed by atoms with Crippen LogP contribution in [0.1, 0.15) is 25.7 Å². The Hall–Kier alpha value is -0.0400. The Kier molecular flexibility index (Phi) is 1.26. The van der Waals surface area contributed by atoms with Gasteiger partial charge in [0, 0.05) is 7.11 Å². The predicted octanol–water partition coefficient (Wildman–Crippen LogP) is 1.82. The molecular formula is C8H14O. The van der Waals surface area contributed by atoms with Crippen LogP contribution in [0.15, 0.2) is 0 Å². The molecule has 0 spiro atoms. The van der Waals surface area contributed by atoms with Crippen molar-refractivity contribution in [1.29, 1.82) is 0 Å². The van der Waals surface area contributed by atoms with E-state index in [0.717, 1.165) is 11.8 Å². The topological polar surface area (TPSA) is 9.23 Å². The lowest BCUT2D eigenvalue weighted by Crippen LogP contribution is -2.17. The first-order chi connectivity index (χ1) is 4.42. The van der Waals surface area contributed by atoms with E-state index in [2.05, 4.69) is 0 Å². The summed E-state index contributed by atoms with van der Waals surface area (Å²) in [6.45, 7) is 0. The Morgan fingerprint density at radius 1 is 1.33 bits per heavy atom. The predicted molar refractivity (Wildman–Crippen MR) is 36.2 cm³/mol. The van der Waals surface area contributed by atoms with Crippen molar-refractivity contribution in [2.45, 2.75) is 31.8 Å². The van der Waals surface area contributed by atoms with Gasteiger partial charge >= 0.3 is 0 Å². The van der Waals surface area contributed by atoms with Gasteiger partial charge in [0.05, 0.1) is 6.10 Å². The van der Waals surface area contributed by atoms with Gasteiger partial charge in [0.15, 0.2) is 0 Å². The molecule has 1 heteroatoms. The Balaban J connectivity index is 1.93. The van der Waals surface area contributed by atoms with Crippen LogP contribution in [0.2, 0.25) is 0 Å². The van der Waals surface area contributed by atoms with Crippen LogP contribution in [0.25, 0.3) is 0 Å². The summed E-state index contributed by atoms with van der Waals surface area (Å²) >= 11 is 0. The second-order valence-corrected chi connectivity index (χ2v) is 3.36. The van der Waals surface area contributed by atoms with Crippen LogP contribution in [0, 0.1) is 11.8 Å². The monoisotopic (exact) mass is 126 g/mol. The van der Waals surface area contributed by atoms with Gasteiger partial charge in [-0.05, 0) is 31.1 Å². The van der Waals surface area contributed by atoms with Crippen molar-refractivity contribution in [1.82, 2.24) is 0 Å². The van der Waals surface area contributed by atoms with Crippen molar-refractivity contribution in [3.8, 4) is 0 Å². The fourth-order valence-corrected chi connectivity index (χ4v) is 2.15. The number of hydrogen-bond acceptors (Lipinski definition) is 1. The average molecular weight is 126 g/mol. The molecule has 2 fully saturated rings. The van der Waals surface area contributed by atoms with Crippen LogP contribution in [0.5, 0.6) is 0 Å². The number of hydrogen-bond donors (Lipinski definition) is 0. The maximum absolute atomic E-state index is 5.35. The Morgan fingerprint density at radius 3 is 2.89 bits per heavy atom. The van der Waals surface area contributed by atoms with Crippen molar-refractivity contribution >= 4 is 0 Å². The summed E-state index contributed by atoms with van der Waals surface area (Å²) in [4.78, 5) is 0. The molecule has 9 heavy (non-hydrogen) atoms. The zero-order chi connectivity index (χ0) is 6.27. The lowest BCUT2D eigenvalue weighted by atomic mass is 9.98. The smallest absolute Gasteiger partial charge is 0.0602 e. The molecule has 0 amide bonds. The zero-order valence-electron chi connectivity index (χ0n) is 5.97. The number of fused-ring (bicyclic) bond motifs is 1. The van der Waals surface area contributed by atoms with Crippen LogP contribution in [-0.2, 0) is 4.74 Å². The highest BCUT2D eigenvalue weighted by Gasteiger charge is 2.45. The van der Waals surface area contributed by atoms with Crippen molar-refractivity contribution in [2.24, 2.45) is 11.8 Å². The van der Waals surface area contributed by atoms with Crippen molar-refractivity contribution in [3.63, 3.8) is 0 Å². The molecule has 2 rings (SSSR count). The van der Waals surface area contributed by atoms with Crippen LogP contribution in [0.4, 0.5) is 0 Å². The third kappa shape index (κ3) is 0.877. The fourth-order valence-electron chi connectivity index (χ4n) is 2.15. The zero-order valence-corrected chi connectivity index (χ0v) is 5.97. The molecule has 0 aromatic heterocycles. The fraction of sp³-hybridized carbons (Fsp3) is 1.00. The molecule has 52 valence electrons. The molecule has 1 nitrogen and oxygen atoms in total. The molecule has 0 heterocycles. The van der Waals surface area contributed by atoms with Gasteiger partial charge in [-0.1, -0.05) is 6.42 Å². The van der Waals surface area contributed by atoms with Gasteiger partial charge in [-0.2, -0.15) is 0 Å². The molecule has 0 saturated heterocycles. The Bertz CT molecular complexity index is 111. The van der Waals surface area contributed by atoms with Gasteiger partial charge in [0.2, 0.25) is 0 Å². The van der Waals surface area contributed by atoms with Crippen LogP contribution < -0.4 is 0 Å². The maximum atomic E-state index is 5.35. The van der Waals surface area contributed by atoms with Gasteiger partial charge in [-0.25, -0.2) is 0 Å². The van der Waals surface area contributed by atoms with Gasteiger partial charge in [-0.15, -0.1) is 0 Å². The standard InChI is InChI=1S/C8H14O/c1-9-8-4-2-3-6-5-7(6)8/h6-8H,2-5H2,1H3. The first kappa shape index (κ1) is 5.72. The lowest BCUT2D eigenvalue weighted by Gasteiger charge is -2.18. The second-order valence-electron chi connectivity index (χ2n) is 3.36. The van der Waals surface area contributed by atoms with E-state index in [0.29, 0.717) is 6.10 Å². The number of rotatable bonds is 1. The minimum Gasteiger partial charge on any atom is -0.381 e. The highest BCUT2D eigenvalue weighted by molar-refractivity contribution is 4.95. The van der Waals surface area contributed by atoms with E-state index in [1.54, 1.807) is 0 Å². The van der Waals surface area contributed by atoms with Gasteiger partial charge in [0.1, 0.15) is 0 Å². The molecule has 0 aromatic rings. The van der Waals surface area contributed by atoms with Gasteiger partial charge < -0.3 is 4.74 Å². The molecule has 0 bridgehead atoms. The summed E-state index contributed by atoms with van der Waals surface area (Å²) in [6, 6.07) is 0. The summed E-state index contributed by atoms with van der Waals surface area (Å²) in [5, 5.41) is 0. The molecule has 0 aliphatic heterocycles. The number of methoxy groups -OCH3 is 1. The van der Waals surface area contributed by atoms with E-state index in [-0.39, 0.29) is 0 Å². The molecule has 2 aliphatic carbocycles. The van der Waals surface area contributed by atoms with E-state index in [9.17, 15) is 0 Å². The minimum absolute atomic E-state index is 0.628. The summed E-state index contributed by atoms with van der Waals surface area (Å²) in [7, 11) is 1.85. The molecule has 0 radical (unpaired) electrons.